The molecule has 16 nitrogen and oxygen atoms in total. The van der Waals surface area contributed by atoms with E-state index in [1.54, 1.807) is 0 Å². The molecule has 0 amide bonds. The molecule has 1 atom stereocenters. The zero-order valence-electron chi connectivity index (χ0n) is 18.9. The van der Waals surface area contributed by atoms with Crippen molar-refractivity contribution in [1.29, 1.82) is 0 Å². The van der Waals surface area contributed by atoms with Gasteiger partial charge in [-0.05, 0) is 19.3 Å². The topological polar surface area (TPSA) is 305 Å². The van der Waals surface area contributed by atoms with Crippen LogP contribution >= 0.6 is 0 Å². The van der Waals surface area contributed by atoms with Crippen molar-refractivity contribution in [3.8, 4) is 0 Å². The third kappa shape index (κ3) is 19.8. The molecule has 1 unspecified atom stereocenters. The Hall–Kier alpha value is -3.34. The van der Waals surface area contributed by atoms with E-state index in [-0.39, 0.29) is 12.7 Å². The summed E-state index contributed by atoms with van der Waals surface area (Å²) in [5.74, 6) is -10.0. The van der Waals surface area contributed by atoms with Gasteiger partial charge in [-0.15, -0.1) is 0 Å². The fraction of sp³-hybridized carbons (Fsp3) is 0.684. The van der Waals surface area contributed by atoms with Crippen LogP contribution in [-0.4, -0.2) is 111 Å². The van der Waals surface area contributed by atoms with E-state index >= 15 is 0 Å². The highest BCUT2D eigenvalue weighted by atomic mass is 16.4. The van der Waals surface area contributed by atoms with Crippen LogP contribution < -0.4 is 0 Å². The number of hydrogen-bond donors (Lipinski definition) is 10. The zero-order valence-corrected chi connectivity index (χ0v) is 18.9. The normalized spacial score (nSPS) is 11.6. The second kappa shape index (κ2) is 18.0. The van der Waals surface area contributed by atoms with Crippen LogP contribution in [0.1, 0.15) is 58.3 Å². The van der Waals surface area contributed by atoms with E-state index in [9.17, 15) is 28.8 Å². The number of aliphatic carboxylic acids is 6. The van der Waals surface area contributed by atoms with E-state index in [1.807, 2.05) is 6.92 Å². The van der Waals surface area contributed by atoms with Crippen molar-refractivity contribution < 1.29 is 79.8 Å². The molecule has 0 aliphatic rings. The number of carbonyl (C=O) groups is 6. The standard InChI is InChI=1S/C7H16O2.2C6H8O7/c1-2-4-7(9)5-3-6-8;2*7-3(8)1-6(13,5(11)12)2-4(9)10/h7-9H,2-6H2,1H3;2*13H,1-2H2,(H,7,8)(H,9,10)(H,11,12). The highest BCUT2D eigenvalue weighted by molar-refractivity contribution is 5.88. The molecule has 0 aromatic heterocycles. The summed E-state index contributed by atoms with van der Waals surface area (Å²) in [6.07, 6.45) is -1.42. The SMILES string of the molecule is CCCC(O)CCCO.O=C(O)CC(O)(CC(=O)O)C(=O)O.O=C(O)CC(O)(CC(=O)O)C(=O)O. The molecule has 0 bridgehead atoms. The Morgan fingerprint density at radius 1 is 0.629 bits per heavy atom. The fourth-order valence-electron chi connectivity index (χ4n) is 2.23. The lowest BCUT2D eigenvalue weighted by molar-refractivity contribution is -0.170. The molecule has 35 heavy (non-hydrogen) atoms. The minimum Gasteiger partial charge on any atom is -0.481 e. The third-order valence-electron chi connectivity index (χ3n) is 3.89. The molecular weight excluding hydrogens is 484 g/mol. The maximum absolute atomic E-state index is 10.3. The second-order valence-electron chi connectivity index (χ2n) is 7.26. The second-order valence-corrected chi connectivity index (χ2v) is 7.26. The summed E-state index contributed by atoms with van der Waals surface area (Å²) >= 11 is 0. The van der Waals surface area contributed by atoms with Gasteiger partial charge in [0.25, 0.3) is 0 Å². The molecule has 0 aliphatic heterocycles. The molecule has 0 aliphatic carbocycles. The molecule has 0 spiro atoms. The van der Waals surface area contributed by atoms with Crippen LogP contribution in [0.5, 0.6) is 0 Å². The van der Waals surface area contributed by atoms with Crippen molar-refractivity contribution in [3.63, 3.8) is 0 Å². The number of rotatable bonds is 15. The molecule has 0 aromatic carbocycles. The fourth-order valence-corrected chi connectivity index (χ4v) is 2.23. The largest absolute Gasteiger partial charge is 0.481 e. The summed E-state index contributed by atoms with van der Waals surface area (Å²) in [5, 5.41) is 85.1. The molecule has 0 fully saturated rings. The minimum atomic E-state index is -2.74. The number of aliphatic hydroxyl groups excluding tert-OH is 2. The van der Waals surface area contributed by atoms with Gasteiger partial charge in [-0.1, -0.05) is 13.3 Å². The van der Waals surface area contributed by atoms with Gasteiger partial charge in [0.1, 0.15) is 0 Å². The van der Waals surface area contributed by atoms with Gasteiger partial charge in [-0.2, -0.15) is 0 Å². The lowest BCUT2D eigenvalue weighted by atomic mass is 9.96. The predicted molar refractivity (Wildman–Crippen MR) is 111 cm³/mol. The first-order valence-electron chi connectivity index (χ1n) is 9.94. The Labute approximate surface area is 198 Å². The summed E-state index contributed by atoms with van der Waals surface area (Å²) in [4.78, 5) is 61.0. The van der Waals surface area contributed by atoms with Gasteiger partial charge in [0.15, 0.2) is 11.2 Å². The maximum Gasteiger partial charge on any atom is 0.336 e. The van der Waals surface area contributed by atoms with Crippen LogP contribution in [-0.2, 0) is 28.8 Å². The van der Waals surface area contributed by atoms with Crippen LogP contribution in [0.3, 0.4) is 0 Å². The Bertz CT molecular complexity index is 632. The van der Waals surface area contributed by atoms with Gasteiger partial charge in [0, 0.05) is 6.61 Å². The monoisotopic (exact) mass is 516 g/mol. The van der Waals surface area contributed by atoms with E-state index in [4.69, 9.17) is 51.1 Å². The molecular formula is C19H32O16. The quantitative estimate of drug-likeness (QED) is 0.117. The molecule has 10 N–H and O–H groups in total. The predicted octanol–water partition coefficient (Wildman–Crippen LogP) is -1.58. The zero-order chi connectivity index (χ0) is 28.4. The Balaban J connectivity index is -0.000000448. The molecule has 204 valence electrons. The third-order valence-corrected chi connectivity index (χ3v) is 3.89. The molecule has 0 radical (unpaired) electrons. The van der Waals surface area contributed by atoms with E-state index in [2.05, 4.69) is 0 Å². The van der Waals surface area contributed by atoms with E-state index in [0.29, 0.717) is 0 Å². The number of carboxylic acid groups (broad SMARTS) is 6. The van der Waals surface area contributed by atoms with Gasteiger partial charge < -0.3 is 51.1 Å². The molecule has 0 heterocycles. The number of carboxylic acids is 6. The Morgan fingerprint density at radius 2 is 0.914 bits per heavy atom. The summed E-state index contributed by atoms with van der Waals surface area (Å²) in [6, 6.07) is 0. The first kappa shape index (κ1) is 36.2. The van der Waals surface area contributed by atoms with Crippen LogP contribution in [0.2, 0.25) is 0 Å². The Kier molecular flexibility index (Phi) is 18.7. The lowest BCUT2D eigenvalue weighted by Crippen LogP contribution is -2.42. The van der Waals surface area contributed by atoms with E-state index in [0.717, 1.165) is 25.7 Å². The molecule has 0 saturated carbocycles. The smallest absolute Gasteiger partial charge is 0.336 e. The van der Waals surface area contributed by atoms with Crippen molar-refractivity contribution in [2.75, 3.05) is 6.61 Å². The van der Waals surface area contributed by atoms with Crippen molar-refractivity contribution >= 4 is 35.8 Å². The summed E-state index contributed by atoms with van der Waals surface area (Å²) < 4.78 is 0. The Morgan fingerprint density at radius 3 is 1.09 bits per heavy atom. The molecule has 0 saturated heterocycles. The average molecular weight is 516 g/mol. The number of aliphatic hydroxyl groups is 4. The van der Waals surface area contributed by atoms with Gasteiger partial charge in [0.05, 0.1) is 31.8 Å². The highest BCUT2D eigenvalue weighted by Gasteiger charge is 2.41. The first-order valence-corrected chi connectivity index (χ1v) is 9.94. The van der Waals surface area contributed by atoms with Gasteiger partial charge in [-0.25, -0.2) is 9.59 Å². The van der Waals surface area contributed by atoms with Crippen LogP contribution in [0.4, 0.5) is 0 Å². The lowest BCUT2D eigenvalue weighted by Gasteiger charge is -2.18. The minimum absolute atomic E-state index is 0.192. The van der Waals surface area contributed by atoms with Gasteiger partial charge >= 0.3 is 35.8 Å². The van der Waals surface area contributed by atoms with Crippen molar-refractivity contribution in [3.05, 3.63) is 0 Å². The molecule has 0 rings (SSSR count). The van der Waals surface area contributed by atoms with Crippen molar-refractivity contribution in [2.24, 2.45) is 0 Å². The van der Waals surface area contributed by atoms with Crippen molar-refractivity contribution in [2.45, 2.75) is 75.6 Å². The summed E-state index contributed by atoms with van der Waals surface area (Å²) in [5.41, 5.74) is -5.48. The van der Waals surface area contributed by atoms with Crippen molar-refractivity contribution in [1.82, 2.24) is 0 Å². The molecule has 0 aromatic rings. The van der Waals surface area contributed by atoms with Crippen LogP contribution in [0.25, 0.3) is 0 Å². The van der Waals surface area contributed by atoms with Crippen LogP contribution in [0.15, 0.2) is 0 Å². The molecule has 16 heteroatoms. The highest BCUT2D eigenvalue weighted by Crippen LogP contribution is 2.16. The first-order chi connectivity index (χ1) is 15.9. The summed E-state index contributed by atoms with van der Waals surface area (Å²) in [6.45, 7) is 2.24. The summed E-state index contributed by atoms with van der Waals surface area (Å²) in [7, 11) is 0. The maximum atomic E-state index is 10.3. The van der Waals surface area contributed by atoms with E-state index in [1.165, 1.54) is 0 Å². The van der Waals surface area contributed by atoms with Gasteiger partial charge in [-0.3, -0.25) is 19.2 Å². The van der Waals surface area contributed by atoms with E-state index < -0.39 is 72.7 Å². The number of hydrogen-bond acceptors (Lipinski definition) is 10. The van der Waals surface area contributed by atoms with Crippen LogP contribution in [0, 0.1) is 0 Å². The van der Waals surface area contributed by atoms with Gasteiger partial charge in [0.2, 0.25) is 0 Å². The average Bonchev–Trinajstić information content (AvgIpc) is 2.64.